The lowest BCUT2D eigenvalue weighted by atomic mass is 10.0. The summed E-state index contributed by atoms with van der Waals surface area (Å²) in [5, 5.41) is 12.5. The molecule has 6 heteroatoms. The molecule has 0 radical (unpaired) electrons. The second-order valence-electron chi connectivity index (χ2n) is 6.88. The maximum atomic E-state index is 12.4. The van der Waals surface area contributed by atoms with Crippen LogP contribution in [-0.2, 0) is 11.4 Å². The van der Waals surface area contributed by atoms with E-state index in [1.165, 1.54) is 0 Å². The van der Waals surface area contributed by atoms with Crippen molar-refractivity contribution >= 4 is 34.8 Å². The van der Waals surface area contributed by atoms with Crippen LogP contribution in [0, 0.1) is 11.3 Å². The van der Waals surface area contributed by atoms with Crippen LogP contribution in [-0.4, -0.2) is 12.5 Å². The highest BCUT2D eigenvalue weighted by atomic mass is 35.5. The molecule has 1 aliphatic heterocycles. The normalized spacial score (nSPS) is 13.5. The maximum Gasteiger partial charge on any atom is 0.256 e. The summed E-state index contributed by atoms with van der Waals surface area (Å²) in [5.41, 5.74) is 4.21. The number of ether oxygens (including phenoxy) is 2. The summed E-state index contributed by atoms with van der Waals surface area (Å²) in [6.45, 7) is 2.47. The predicted octanol–water partition coefficient (Wildman–Crippen LogP) is 5.68. The number of para-hydroxylation sites is 1. The molecule has 0 saturated carbocycles. The number of carbonyl (C=O) groups is 1. The highest BCUT2D eigenvalue weighted by Gasteiger charge is 2.24. The Morgan fingerprint density at radius 3 is 2.68 bits per heavy atom. The van der Waals surface area contributed by atoms with Gasteiger partial charge in [-0.1, -0.05) is 48.0 Å². The van der Waals surface area contributed by atoms with Crippen LogP contribution in [0.25, 0.3) is 11.6 Å². The number of rotatable bonds is 6. The largest absolute Gasteiger partial charge is 0.490 e. The lowest BCUT2D eigenvalue weighted by Gasteiger charge is -2.15. The number of amides is 1. The van der Waals surface area contributed by atoms with Crippen molar-refractivity contribution in [1.29, 1.82) is 5.26 Å². The fraction of sp³-hybridized carbons (Fsp3) is 0.120. The first-order valence-electron chi connectivity index (χ1n) is 9.80. The summed E-state index contributed by atoms with van der Waals surface area (Å²) in [7, 11) is 0. The van der Waals surface area contributed by atoms with E-state index in [1.807, 2.05) is 43.3 Å². The van der Waals surface area contributed by atoms with Gasteiger partial charge in [-0.15, -0.1) is 0 Å². The summed E-state index contributed by atoms with van der Waals surface area (Å²) in [5.74, 6) is 0.710. The minimum Gasteiger partial charge on any atom is -0.490 e. The Balaban J connectivity index is 1.67. The molecule has 1 amide bonds. The van der Waals surface area contributed by atoms with E-state index in [-0.39, 0.29) is 12.5 Å². The van der Waals surface area contributed by atoms with Gasteiger partial charge in [-0.2, -0.15) is 5.26 Å². The number of nitriles is 1. The first kappa shape index (κ1) is 20.5. The van der Waals surface area contributed by atoms with Crippen LogP contribution in [0.4, 0.5) is 5.69 Å². The monoisotopic (exact) mass is 430 g/mol. The lowest BCUT2D eigenvalue weighted by Crippen LogP contribution is -2.04. The van der Waals surface area contributed by atoms with Crippen molar-refractivity contribution in [3.63, 3.8) is 0 Å². The summed E-state index contributed by atoms with van der Waals surface area (Å²) in [4.78, 5) is 12.4. The van der Waals surface area contributed by atoms with Gasteiger partial charge in [0.05, 0.1) is 23.3 Å². The molecule has 0 spiro atoms. The van der Waals surface area contributed by atoms with E-state index in [2.05, 4.69) is 11.4 Å². The van der Waals surface area contributed by atoms with Crippen LogP contribution in [0.5, 0.6) is 11.5 Å². The first-order chi connectivity index (χ1) is 15.1. The van der Waals surface area contributed by atoms with Gasteiger partial charge in [0.25, 0.3) is 5.91 Å². The number of nitrogens with zero attached hydrogens (tertiary/aromatic N) is 1. The zero-order valence-corrected chi connectivity index (χ0v) is 17.6. The third kappa shape index (κ3) is 4.25. The quantitative estimate of drug-likeness (QED) is 0.510. The molecule has 31 heavy (non-hydrogen) atoms. The van der Waals surface area contributed by atoms with Gasteiger partial charge in [0.1, 0.15) is 6.61 Å². The van der Waals surface area contributed by atoms with E-state index in [0.29, 0.717) is 34.3 Å². The molecular formula is C25H19ClN2O3. The minimum absolute atomic E-state index is 0.163. The fourth-order valence-electron chi connectivity index (χ4n) is 3.43. The number of nitrogens with one attached hydrogen (secondary N) is 1. The average Bonchev–Trinajstić information content (AvgIpc) is 3.08. The zero-order valence-electron chi connectivity index (χ0n) is 16.8. The van der Waals surface area contributed by atoms with E-state index in [0.717, 1.165) is 22.4 Å². The van der Waals surface area contributed by atoms with Crippen molar-refractivity contribution in [2.45, 2.75) is 13.5 Å². The molecule has 1 N–H and O–H groups in total. The Morgan fingerprint density at radius 1 is 1.10 bits per heavy atom. The molecule has 3 aromatic rings. The van der Waals surface area contributed by atoms with Gasteiger partial charge in [-0.05, 0) is 42.8 Å². The van der Waals surface area contributed by atoms with Crippen molar-refractivity contribution in [3.05, 3.63) is 87.9 Å². The first-order valence-corrected chi connectivity index (χ1v) is 10.2. The van der Waals surface area contributed by atoms with Crippen molar-refractivity contribution in [2.24, 2.45) is 0 Å². The van der Waals surface area contributed by atoms with E-state index < -0.39 is 0 Å². The molecule has 3 aromatic carbocycles. The Labute approximate surface area is 185 Å². The molecule has 154 valence electrons. The number of anilines is 1. The average molecular weight is 431 g/mol. The van der Waals surface area contributed by atoms with Gasteiger partial charge in [0, 0.05) is 22.4 Å². The number of hydrogen-bond donors (Lipinski definition) is 1. The third-order valence-electron chi connectivity index (χ3n) is 4.86. The van der Waals surface area contributed by atoms with E-state index in [4.69, 9.17) is 21.1 Å². The van der Waals surface area contributed by atoms with Gasteiger partial charge in [-0.25, -0.2) is 0 Å². The number of fused-ring (bicyclic) bond motifs is 1. The topological polar surface area (TPSA) is 71.3 Å². The maximum absolute atomic E-state index is 12.4. The third-order valence-corrected chi connectivity index (χ3v) is 5.14. The van der Waals surface area contributed by atoms with E-state index in [1.54, 1.807) is 30.3 Å². The van der Waals surface area contributed by atoms with E-state index in [9.17, 15) is 10.1 Å². The molecule has 0 aromatic heterocycles. The summed E-state index contributed by atoms with van der Waals surface area (Å²) in [6, 6.07) is 20.4. The van der Waals surface area contributed by atoms with Gasteiger partial charge in [-0.3, -0.25) is 4.79 Å². The highest BCUT2D eigenvalue weighted by Crippen LogP contribution is 2.39. The van der Waals surface area contributed by atoms with E-state index >= 15 is 0 Å². The van der Waals surface area contributed by atoms with Crippen LogP contribution >= 0.6 is 11.6 Å². The molecule has 0 atom stereocenters. The lowest BCUT2D eigenvalue weighted by molar-refractivity contribution is -0.110. The Kier molecular flexibility index (Phi) is 5.92. The SMILES string of the molecule is CCOc1cc(C=C2C(=O)Nc3ccccc32)cc(Cl)c1OCc1ccccc1C#N. The standard InChI is InChI=1S/C25H19ClN2O3/c1-2-30-23-13-16(11-20-19-9-5-6-10-22(19)28-25(20)29)12-21(26)24(23)31-15-18-8-4-3-7-17(18)14-27/h3-13H,2,15H2,1H3,(H,28,29). The smallest absolute Gasteiger partial charge is 0.256 e. The van der Waals surface area contributed by atoms with Crippen LogP contribution < -0.4 is 14.8 Å². The van der Waals surface area contributed by atoms with Crippen molar-refractivity contribution in [2.75, 3.05) is 11.9 Å². The Hall–Kier alpha value is -3.75. The second-order valence-corrected chi connectivity index (χ2v) is 7.29. The number of hydrogen-bond acceptors (Lipinski definition) is 4. The Morgan fingerprint density at radius 2 is 1.87 bits per heavy atom. The molecule has 0 aliphatic carbocycles. The minimum atomic E-state index is -0.163. The fourth-order valence-corrected chi connectivity index (χ4v) is 3.70. The molecule has 0 fully saturated rings. The highest BCUT2D eigenvalue weighted by molar-refractivity contribution is 6.35. The molecule has 1 heterocycles. The molecule has 0 saturated heterocycles. The zero-order chi connectivity index (χ0) is 21.8. The molecule has 5 nitrogen and oxygen atoms in total. The molecule has 1 aliphatic rings. The molecule has 4 rings (SSSR count). The molecule has 0 bridgehead atoms. The number of benzene rings is 3. The molecule has 0 unspecified atom stereocenters. The Bertz CT molecular complexity index is 1230. The number of halogens is 1. The summed E-state index contributed by atoms with van der Waals surface area (Å²) < 4.78 is 11.7. The van der Waals surface area contributed by atoms with Crippen LogP contribution in [0.2, 0.25) is 5.02 Å². The van der Waals surface area contributed by atoms with Crippen molar-refractivity contribution in [1.82, 2.24) is 0 Å². The number of carbonyl (C=O) groups excluding carboxylic acids is 1. The summed E-state index contributed by atoms with van der Waals surface area (Å²) in [6.07, 6.45) is 1.78. The van der Waals surface area contributed by atoms with Crippen LogP contribution in [0.15, 0.2) is 60.7 Å². The summed E-state index contributed by atoms with van der Waals surface area (Å²) >= 11 is 6.53. The predicted molar refractivity (Wildman–Crippen MR) is 121 cm³/mol. The van der Waals surface area contributed by atoms with Gasteiger partial charge in [0.15, 0.2) is 11.5 Å². The van der Waals surface area contributed by atoms with Gasteiger partial charge >= 0.3 is 0 Å². The molecular weight excluding hydrogens is 412 g/mol. The second kappa shape index (κ2) is 8.95. The van der Waals surface area contributed by atoms with Gasteiger partial charge in [0.2, 0.25) is 0 Å². The van der Waals surface area contributed by atoms with Crippen LogP contribution in [0.3, 0.4) is 0 Å². The van der Waals surface area contributed by atoms with Crippen molar-refractivity contribution in [3.8, 4) is 17.6 Å². The van der Waals surface area contributed by atoms with Gasteiger partial charge < -0.3 is 14.8 Å². The van der Waals surface area contributed by atoms with Crippen molar-refractivity contribution < 1.29 is 14.3 Å². The van der Waals surface area contributed by atoms with Crippen LogP contribution in [0.1, 0.15) is 29.2 Å².